The number of unbranched alkanes of at least 4 members (excludes halogenated alkanes) is 1. The summed E-state index contributed by atoms with van der Waals surface area (Å²) >= 11 is 0. The molecule has 4 aliphatic rings. The van der Waals surface area contributed by atoms with Crippen molar-refractivity contribution in [2.24, 2.45) is 29.4 Å². The highest BCUT2D eigenvalue weighted by Gasteiger charge is 2.30. The van der Waals surface area contributed by atoms with Crippen molar-refractivity contribution in [3.8, 4) is 0 Å². The standard InChI is InChI=1S/C32H51NO/c33-31-22-20-27(21-23-31)11-8-7-10-26-12-9-13-28(19-18-26)24-25-34-32(29-14-3-1-4-15-29)30-16-5-2-6-17-30/h1-3,5,20-22,26,28-32H,4,6-19,23-25,33H2. The van der Waals surface area contributed by atoms with Gasteiger partial charge in [-0.3, -0.25) is 0 Å². The van der Waals surface area contributed by atoms with E-state index >= 15 is 0 Å². The molecular formula is C32H51NO. The van der Waals surface area contributed by atoms with Gasteiger partial charge in [0.1, 0.15) is 0 Å². The third-order valence-corrected chi connectivity index (χ3v) is 9.13. The van der Waals surface area contributed by atoms with Crippen LogP contribution in [0.4, 0.5) is 0 Å². The Morgan fingerprint density at radius 1 is 0.794 bits per heavy atom. The molecule has 2 heteroatoms. The summed E-state index contributed by atoms with van der Waals surface area (Å²) in [6, 6.07) is 0.243. The Balaban J connectivity index is 1.13. The van der Waals surface area contributed by atoms with Gasteiger partial charge in [0, 0.05) is 12.6 Å². The molecule has 190 valence electrons. The van der Waals surface area contributed by atoms with Crippen LogP contribution in [-0.2, 0) is 4.74 Å². The summed E-state index contributed by atoms with van der Waals surface area (Å²) in [6.07, 6.45) is 39.4. The third-order valence-electron chi connectivity index (χ3n) is 9.13. The highest BCUT2D eigenvalue weighted by atomic mass is 16.5. The monoisotopic (exact) mass is 465 g/mol. The van der Waals surface area contributed by atoms with E-state index in [1.165, 1.54) is 108 Å². The predicted octanol–water partition coefficient (Wildman–Crippen LogP) is 8.44. The van der Waals surface area contributed by atoms with Gasteiger partial charge in [-0.1, -0.05) is 93.1 Å². The fourth-order valence-corrected chi connectivity index (χ4v) is 6.92. The second-order valence-electron chi connectivity index (χ2n) is 11.7. The van der Waals surface area contributed by atoms with Gasteiger partial charge < -0.3 is 10.5 Å². The Hall–Kier alpha value is -1.12. The lowest BCUT2D eigenvalue weighted by molar-refractivity contribution is -0.0372. The van der Waals surface area contributed by atoms with Crippen LogP contribution in [0.15, 0.2) is 48.1 Å². The molecule has 5 unspecified atom stereocenters. The molecule has 2 N–H and O–H groups in total. The molecule has 0 bridgehead atoms. The fraction of sp³-hybridized carbons (Fsp3) is 0.750. The van der Waals surface area contributed by atoms with Crippen LogP contribution in [-0.4, -0.2) is 18.8 Å². The second-order valence-corrected chi connectivity index (χ2v) is 11.7. The van der Waals surface area contributed by atoms with Crippen LogP contribution in [0.5, 0.6) is 0 Å². The molecule has 0 aromatic rings. The zero-order valence-electron chi connectivity index (χ0n) is 21.7. The maximum atomic E-state index is 6.75. The number of hydrogen-bond donors (Lipinski definition) is 1. The van der Waals surface area contributed by atoms with Gasteiger partial charge in [-0.05, 0) is 87.9 Å². The summed E-state index contributed by atoms with van der Waals surface area (Å²) in [7, 11) is 0. The zero-order chi connectivity index (χ0) is 23.4. The van der Waals surface area contributed by atoms with Crippen LogP contribution in [0.25, 0.3) is 0 Å². The molecule has 2 nitrogen and oxygen atoms in total. The fourth-order valence-electron chi connectivity index (χ4n) is 6.92. The number of allylic oxidation sites excluding steroid dienone is 6. The lowest BCUT2D eigenvalue weighted by atomic mass is 9.78. The maximum absolute atomic E-state index is 6.75. The van der Waals surface area contributed by atoms with E-state index in [0.29, 0.717) is 6.10 Å². The number of rotatable bonds is 11. The van der Waals surface area contributed by atoms with Crippen molar-refractivity contribution in [2.45, 2.75) is 121 Å². The molecule has 0 heterocycles. The third kappa shape index (κ3) is 8.52. The van der Waals surface area contributed by atoms with Gasteiger partial charge in [-0.15, -0.1) is 0 Å². The minimum absolute atomic E-state index is 0.243. The van der Waals surface area contributed by atoms with E-state index in [4.69, 9.17) is 10.5 Å². The molecule has 0 amide bonds. The van der Waals surface area contributed by atoms with Gasteiger partial charge in [0.25, 0.3) is 0 Å². The number of nitrogens with two attached hydrogens (primary N) is 1. The summed E-state index contributed by atoms with van der Waals surface area (Å²) in [5.74, 6) is 3.35. The van der Waals surface area contributed by atoms with Crippen LogP contribution < -0.4 is 5.73 Å². The van der Waals surface area contributed by atoms with Crippen LogP contribution in [0.3, 0.4) is 0 Å². The highest BCUT2D eigenvalue weighted by molar-refractivity contribution is 5.24. The molecule has 5 atom stereocenters. The molecule has 1 fully saturated rings. The summed E-state index contributed by atoms with van der Waals surface area (Å²) in [6.45, 7) is 0.993. The van der Waals surface area contributed by atoms with Gasteiger partial charge >= 0.3 is 0 Å². The average molecular weight is 466 g/mol. The quantitative estimate of drug-likeness (QED) is 0.189. The first kappa shape index (κ1) is 26.0. The summed E-state index contributed by atoms with van der Waals surface area (Å²) < 4.78 is 6.75. The summed E-state index contributed by atoms with van der Waals surface area (Å²) in [5, 5.41) is 0. The van der Waals surface area contributed by atoms with E-state index in [0.717, 1.165) is 36.7 Å². The molecule has 4 rings (SSSR count). The Morgan fingerprint density at radius 3 is 2.12 bits per heavy atom. The van der Waals surface area contributed by atoms with Crippen molar-refractivity contribution in [1.82, 2.24) is 0 Å². The highest BCUT2D eigenvalue weighted by Crippen LogP contribution is 2.36. The van der Waals surface area contributed by atoms with Gasteiger partial charge in [-0.2, -0.15) is 0 Å². The smallest absolute Gasteiger partial charge is 0.0637 e. The minimum Gasteiger partial charge on any atom is -0.378 e. The summed E-state index contributed by atoms with van der Waals surface area (Å²) in [5.41, 5.74) is 7.45. The molecule has 0 aromatic carbocycles. The van der Waals surface area contributed by atoms with E-state index in [2.05, 4.69) is 42.5 Å². The van der Waals surface area contributed by atoms with Crippen LogP contribution in [0.1, 0.15) is 109 Å². The maximum Gasteiger partial charge on any atom is 0.0637 e. The molecule has 0 aromatic heterocycles. The minimum atomic E-state index is 0.243. The van der Waals surface area contributed by atoms with Crippen molar-refractivity contribution in [3.63, 3.8) is 0 Å². The number of hydrogen-bond acceptors (Lipinski definition) is 2. The van der Waals surface area contributed by atoms with Gasteiger partial charge in [0.2, 0.25) is 0 Å². The first-order valence-corrected chi connectivity index (χ1v) is 14.8. The Labute approximate surface area is 210 Å². The SMILES string of the molecule is NC1C=CC(CCCCC2CCCC(CCOC(C3CC=CCC3)C3CC=CCC3)CC2)=CC1. The lowest BCUT2D eigenvalue weighted by Crippen LogP contribution is -2.34. The van der Waals surface area contributed by atoms with Gasteiger partial charge in [0.15, 0.2) is 0 Å². The van der Waals surface area contributed by atoms with Crippen LogP contribution in [0.2, 0.25) is 0 Å². The average Bonchev–Trinajstić information content (AvgIpc) is 3.12. The van der Waals surface area contributed by atoms with Crippen LogP contribution >= 0.6 is 0 Å². The summed E-state index contributed by atoms with van der Waals surface area (Å²) in [4.78, 5) is 0. The van der Waals surface area contributed by atoms with Crippen molar-refractivity contribution >= 4 is 0 Å². The largest absolute Gasteiger partial charge is 0.378 e. The molecular weight excluding hydrogens is 414 g/mol. The lowest BCUT2D eigenvalue weighted by Gasteiger charge is -2.35. The first-order chi connectivity index (χ1) is 16.8. The molecule has 0 spiro atoms. The van der Waals surface area contributed by atoms with Crippen molar-refractivity contribution in [3.05, 3.63) is 48.1 Å². The second kappa shape index (κ2) is 14.4. The van der Waals surface area contributed by atoms with Crippen molar-refractivity contribution in [2.75, 3.05) is 6.61 Å². The van der Waals surface area contributed by atoms with E-state index in [9.17, 15) is 0 Å². The van der Waals surface area contributed by atoms with Crippen molar-refractivity contribution < 1.29 is 4.74 Å². The van der Waals surface area contributed by atoms with Gasteiger partial charge in [-0.25, -0.2) is 0 Å². The molecule has 0 aliphatic heterocycles. The van der Waals surface area contributed by atoms with E-state index in [1.54, 1.807) is 0 Å². The molecule has 1 saturated carbocycles. The molecule has 4 aliphatic carbocycles. The zero-order valence-corrected chi connectivity index (χ0v) is 21.7. The normalized spacial score (nSPS) is 32.9. The first-order valence-electron chi connectivity index (χ1n) is 14.8. The topological polar surface area (TPSA) is 35.2 Å². The van der Waals surface area contributed by atoms with Crippen molar-refractivity contribution in [1.29, 1.82) is 0 Å². The predicted molar refractivity (Wildman–Crippen MR) is 146 cm³/mol. The van der Waals surface area contributed by atoms with E-state index < -0.39 is 0 Å². The van der Waals surface area contributed by atoms with E-state index in [-0.39, 0.29) is 6.04 Å². The Kier molecular flexibility index (Phi) is 11.0. The van der Waals surface area contributed by atoms with E-state index in [1.807, 2.05) is 0 Å². The van der Waals surface area contributed by atoms with Crippen LogP contribution in [0, 0.1) is 23.7 Å². The molecule has 0 radical (unpaired) electrons. The molecule has 34 heavy (non-hydrogen) atoms. The Bertz CT molecular complexity index is 680. The number of ether oxygens (including phenoxy) is 1. The van der Waals surface area contributed by atoms with Gasteiger partial charge in [0.05, 0.1) is 6.10 Å². The Morgan fingerprint density at radius 2 is 1.50 bits per heavy atom. The molecule has 0 saturated heterocycles.